The van der Waals surface area contributed by atoms with E-state index in [0.29, 0.717) is 30.9 Å². The van der Waals surface area contributed by atoms with E-state index in [2.05, 4.69) is 33.9 Å². The number of nitrogens with zero attached hydrogens (tertiary/aromatic N) is 3. The van der Waals surface area contributed by atoms with Gasteiger partial charge in [0, 0.05) is 29.8 Å². The van der Waals surface area contributed by atoms with Crippen LogP contribution in [0.2, 0.25) is 0 Å². The molecule has 3 heterocycles. The second-order valence-electron chi connectivity index (χ2n) is 9.31. The van der Waals surface area contributed by atoms with Crippen molar-refractivity contribution < 1.29 is 29.0 Å². The van der Waals surface area contributed by atoms with Gasteiger partial charge in [-0.25, -0.2) is 4.98 Å². The third-order valence-electron chi connectivity index (χ3n) is 6.95. The van der Waals surface area contributed by atoms with Gasteiger partial charge in [-0.2, -0.15) is 0 Å². The molecule has 1 unspecified atom stereocenters. The lowest BCUT2D eigenvalue weighted by atomic mass is 10.0. The Morgan fingerprint density at radius 3 is 2.39 bits per heavy atom. The number of carbonyl (C=O) groups excluding carboxylic acids is 3. The molecule has 2 aromatic carbocycles. The fourth-order valence-electron chi connectivity index (χ4n) is 4.83. The third-order valence-corrected chi connectivity index (χ3v) is 6.95. The molecule has 0 spiro atoms. The van der Waals surface area contributed by atoms with E-state index >= 15 is 0 Å². The molecule has 1 atom stereocenters. The van der Waals surface area contributed by atoms with Crippen LogP contribution in [0.3, 0.4) is 0 Å². The minimum Gasteiger partial charge on any atom is -0.489 e. The minimum atomic E-state index is -0.639. The van der Waals surface area contributed by atoms with Crippen LogP contribution in [0.5, 0.6) is 5.75 Å². The van der Waals surface area contributed by atoms with Crippen LogP contribution in [0, 0.1) is 20.8 Å². The summed E-state index contributed by atoms with van der Waals surface area (Å²) < 4.78 is 8.32. The second kappa shape index (κ2) is 11.3. The fraction of sp³-hybridized carbons (Fsp3) is 0.321. The molecule has 0 aliphatic carbocycles. The molecule has 3 amide bonds. The number of piperidine rings is 1. The van der Waals surface area contributed by atoms with Gasteiger partial charge in [0.15, 0.2) is 0 Å². The molecule has 1 saturated heterocycles. The smallest absolute Gasteiger partial charge is 0.290 e. The standard InChI is InChI=1S/C27H28N4O4.CH2O2/c1-16-17(2)30(18(3)28-16)13-19-7-9-20(10-8-19)15-35-24-6-4-5-21-22(24)14-31(27(21)34)23-11-12-25(32)29-26(23)33;2-1-3/h4-10,23H,11-15H2,1-3H3,(H,29,32,33);1H,(H,2,3). The van der Waals surface area contributed by atoms with Crippen LogP contribution >= 0.6 is 0 Å². The van der Waals surface area contributed by atoms with Gasteiger partial charge in [0.2, 0.25) is 11.8 Å². The number of ether oxygens (including phenoxy) is 1. The lowest BCUT2D eigenvalue weighted by Gasteiger charge is -2.29. The van der Waals surface area contributed by atoms with E-state index in [1.165, 1.54) is 16.2 Å². The third kappa shape index (κ3) is 5.44. The molecule has 2 aliphatic heterocycles. The Labute approximate surface area is 220 Å². The van der Waals surface area contributed by atoms with E-state index in [1.807, 2.05) is 32.0 Å². The molecule has 0 bridgehead atoms. The SMILES string of the molecule is Cc1nc(C)n(Cc2ccc(COc3cccc4c3CN(C3CCC(=O)NC3=O)C4=O)cc2)c1C.O=CO. The van der Waals surface area contributed by atoms with Crippen LogP contribution in [0.25, 0.3) is 0 Å². The summed E-state index contributed by atoms with van der Waals surface area (Å²) in [5.74, 6) is 0.725. The minimum absolute atomic E-state index is 0.204. The van der Waals surface area contributed by atoms with E-state index < -0.39 is 11.9 Å². The lowest BCUT2D eigenvalue weighted by molar-refractivity contribution is -0.137. The largest absolute Gasteiger partial charge is 0.489 e. The van der Waals surface area contributed by atoms with Gasteiger partial charge in [0.1, 0.15) is 24.2 Å². The van der Waals surface area contributed by atoms with Gasteiger partial charge < -0.3 is 19.3 Å². The second-order valence-corrected chi connectivity index (χ2v) is 9.31. The van der Waals surface area contributed by atoms with Gasteiger partial charge in [-0.3, -0.25) is 24.5 Å². The highest BCUT2D eigenvalue weighted by molar-refractivity contribution is 6.05. The van der Waals surface area contributed by atoms with Gasteiger partial charge in [-0.15, -0.1) is 0 Å². The highest BCUT2D eigenvalue weighted by Crippen LogP contribution is 2.34. The summed E-state index contributed by atoms with van der Waals surface area (Å²) in [6.45, 7) is 7.31. The number of aryl methyl sites for hydroxylation is 2. The number of amides is 3. The molecule has 0 saturated carbocycles. The molecule has 5 rings (SSSR count). The number of aromatic nitrogens is 2. The monoisotopic (exact) mass is 518 g/mol. The zero-order valence-corrected chi connectivity index (χ0v) is 21.6. The highest BCUT2D eigenvalue weighted by Gasteiger charge is 2.40. The van der Waals surface area contributed by atoms with Crippen LogP contribution in [-0.2, 0) is 34.1 Å². The number of carboxylic acid groups (broad SMARTS) is 1. The first kappa shape index (κ1) is 26.6. The summed E-state index contributed by atoms with van der Waals surface area (Å²) in [6, 6.07) is 13.0. The molecular weight excluding hydrogens is 488 g/mol. The van der Waals surface area contributed by atoms with E-state index in [-0.39, 0.29) is 24.7 Å². The van der Waals surface area contributed by atoms with Crippen LogP contribution in [0.15, 0.2) is 42.5 Å². The lowest BCUT2D eigenvalue weighted by Crippen LogP contribution is -2.52. The number of hydrogen-bond acceptors (Lipinski definition) is 6. The van der Waals surface area contributed by atoms with Crippen molar-refractivity contribution in [2.45, 2.75) is 59.4 Å². The van der Waals surface area contributed by atoms with Crippen molar-refractivity contribution >= 4 is 24.2 Å². The molecule has 38 heavy (non-hydrogen) atoms. The Morgan fingerprint density at radius 2 is 1.76 bits per heavy atom. The average Bonchev–Trinajstić information content (AvgIpc) is 3.35. The molecule has 1 aromatic heterocycles. The summed E-state index contributed by atoms with van der Waals surface area (Å²) in [5.41, 5.74) is 5.76. The number of carbonyl (C=O) groups is 4. The Kier molecular flexibility index (Phi) is 7.90. The van der Waals surface area contributed by atoms with Gasteiger partial charge in [0.25, 0.3) is 12.4 Å². The van der Waals surface area contributed by atoms with E-state index in [4.69, 9.17) is 14.6 Å². The fourth-order valence-corrected chi connectivity index (χ4v) is 4.83. The predicted octanol–water partition coefficient (Wildman–Crippen LogP) is 2.90. The molecule has 10 nitrogen and oxygen atoms in total. The summed E-state index contributed by atoms with van der Waals surface area (Å²) in [7, 11) is 0. The molecule has 10 heteroatoms. The van der Waals surface area contributed by atoms with Gasteiger partial charge in [-0.05, 0) is 50.5 Å². The Balaban J connectivity index is 0.00000107. The zero-order valence-electron chi connectivity index (χ0n) is 21.6. The molecular formula is C28H30N4O6. The molecule has 2 aliphatic rings. The van der Waals surface area contributed by atoms with Crippen molar-refractivity contribution in [1.29, 1.82) is 0 Å². The highest BCUT2D eigenvalue weighted by atomic mass is 16.5. The summed E-state index contributed by atoms with van der Waals surface area (Å²) >= 11 is 0. The van der Waals surface area contributed by atoms with Crippen LogP contribution in [-0.4, -0.2) is 49.8 Å². The van der Waals surface area contributed by atoms with Gasteiger partial charge >= 0.3 is 0 Å². The topological polar surface area (TPSA) is 131 Å². The molecule has 3 aromatic rings. The summed E-state index contributed by atoms with van der Waals surface area (Å²) in [6.07, 6.45) is 0.570. The number of hydrogen-bond donors (Lipinski definition) is 2. The van der Waals surface area contributed by atoms with Crippen molar-refractivity contribution in [1.82, 2.24) is 19.8 Å². The first-order valence-corrected chi connectivity index (χ1v) is 12.3. The number of fused-ring (bicyclic) bond motifs is 1. The molecule has 1 fully saturated rings. The van der Waals surface area contributed by atoms with Crippen LogP contribution in [0.1, 0.15) is 57.1 Å². The molecule has 0 radical (unpaired) electrons. The number of imide groups is 1. The van der Waals surface area contributed by atoms with Gasteiger partial charge in [0.05, 0.1) is 12.2 Å². The number of nitrogens with one attached hydrogen (secondary N) is 1. The van der Waals surface area contributed by atoms with Crippen molar-refractivity contribution in [2.24, 2.45) is 0 Å². The number of benzene rings is 2. The van der Waals surface area contributed by atoms with Crippen LogP contribution < -0.4 is 10.1 Å². The van der Waals surface area contributed by atoms with Crippen LogP contribution in [0.4, 0.5) is 0 Å². The first-order valence-electron chi connectivity index (χ1n) is 12.3. The van der Waals surface area contributed by atoms with Crippen molar-refractivity contribution in [3.63, 3.8) is 0 Å². The zero-order chi connectivity index (χ0) is 27.4. The van der Waals surface area contributed by atoms with E-state index in [1.54, 1.807) is 12.1 Å². The maximum absolute atomic E-state index is 13.0. The van der Waals surface area contributed by atoms with Crippen molar-refractivity contribution in [3.05, 3.63) is 81.9 Å². The summed E-state index contributed by atoms with van der Waals surface area (Å²) in [5, 5.41) is 9.22. The van der Waals surface area contributed by atoms with Crippen molar-refractivity contribution in [2.75, 3.05) is 0 Å². The quantitative estimate of drug-likeness (QED) is 0.379. The maximum Gasteiger partial charge on any atom is 0.290 e. The number of imidazole rings is 1. The van der Waals surface area contributed by atoms with Crippen molar-refractivity contribution in [3.8, 4) is 5.75 Å². The molecule has 198 valence electrons. The maximum atomic E-state index is 13.0. The van der Waals surface area contributed by atoms with E-state index in [9.17, 15) is 14.4 Å². The first-order chi connectivity index (χ1) is 18.2. The van der Waals surface area contributed by atoms with Gasteiger partial charge in [-0.1, -0.05) is 30.3 Å². The van der Waals surface area contributed by atoms with E-state index in [0.717, 1.165) is 29.2 Å². The normalized spacial score (nSPS) is 16.4. The predicted molar refractivity (Wildman–Crippen MR) is 137 cm³/mol. The number of rotatable bonds is 6. The summed E-state index contributed by atoms with van der Waals surface area (Å²) in [4.78, 5) is 51.2. The Hall–Kier alpha value is -4.47. The Morgan fingerprint density at radius 1 is 1.08 bits per heavy atom. The Bertz CT molecular complexity index is 1380. The molecule has 2 N–H and O–H groups in total. The average molecular weight is 519 g/mol.